The lowest BCUT2D eigenvalue weighted by atomic mass is 10.1. The smallest absolute Gasteiger partial charge is 0.186 e. The average Bonchev–Trinajstić information content (AvgIpc) is 2.80. The van der Waals surface area contributed by atoms with E-state index in [4.69, 9.17) is 9.72 Å². The maximum atomic E-state index is 5.39. The number of rotatable bonds is 5. The predicted molar refractivity (Wildman–Crippen MR) is 82.1 cm³/mol. The third kappa shape index (κ3) is 3.78. The summed E-state index contributed by atoms with van der Waals surface area (Å²) in [6.45, 7) is 8.76. The molecule has 0 aliphatic carbocycles. The van der Waals surface area contributed by atoms with Gasteiger partial charge in [-0.3, -0.25) is 0 Å². The van der Waals surface area contributed by atoms with E-state index in [0.717, 1.165) is 50.1 Å². The number of nitrogens with zero attached hydrogens (tertiary/aromatic N) is 2. The summed E-state index contributed by atoms with van der Waals surface area (Å²) in [4.78, 5) is 8.31. The van der Waals surface area contributed by atoms with Gasteiger partial charge in [0.1, 0.15) is 0 Å². The number of thiazole rings is 1. The van der Waals surface area contributed by atoms with E-state index in [1.54, 1.807) is 11.3 Å². The van der Waals surface area contributed by atoms with Crippen molar-refractivity contribution < 1.29 is 4.74 Å². The molecule has 1 saturated heterocycles. The highest BCUT2D eigenvalue weighted by Crippen LogP contribution is 2.28. The fourth-order valence-corrected chi connectivity index (χ4v) is 3.22. The molecule has 0 bridgehead atoms. The van der Waals surface area contributed by atoms with Gasteiger partial charge in [-0.05, 0) is 26.5 Å². The summed E-state index contributed by atoms with van der Waals surface area (Å²) < 4.78 is 5.39. The van der Waals surface area contributed by atoms with Crippen LogP contribution in [-0.2, 0) is 4.74 Å². The van der Waals surface area contributed by atoms with Crippen LogP contribution in [0.25, 0.3) is 6.08 Å². The van der Waals surface area contributed by atoms with E-state index in [1.807, 2.05) is 7.05 Å². The largest absolute Gasteiger partial charge is 0.378 e. The minimum Gasteiger partial charge on any atom is -0.378 e. The Kier molecular flexibility index (Phi) is 5.36. The lowest BCUT2D eigenvalue weighted by molar-refractivity contribution is 0.122. The van der Waals surface area contributed by atoms with Crippen molar-refractivity contribution in [2.75, 3.05) is 44.8 Å². The lowest BCUT2D eigenvalue weighted by Gasteiger charge is -2.26. The molecule has 5 heteroatoms. The van der Waals surface area contributed by atoms with Gasteiger partial charge in [0, 0.05) is 19.6 Å². The summed E-state index contributed by atoms with van der Waals surface area (Å²) in [7, 11) is 1.99. The summed E-state index contributed by atoms with van der Waals surface area (Å²) in [5.74, 6) is 0. The average molecular weight is 281 g/mol. The van der Waals surface area contributed by atoms with Crippen LogP contribution in [0.2, 0.25) is 0 Å². The number of morpholine rings is 1. The van der Waals surface area contributed by atoms with Crippen LogP contribution in [0, 0.1) is 6.92 Å². The van der Waals surface area contributed by atoms with Gasteiger partial charge in [-0.15, -0.1) is 0 Å². The summed E-state index contributed by atoms with van der Waals surface area (Å²) in [5, 5.41) is 4.35. The topological polar surface area (TPSA) is 37.4 Å². The van der Waals surface area contributed by atoms with E-state index in [0.29, 0.717) is 0 Å². The molecule has 1 aromatic heterocycles. The maximum absolute atomic E-state index is 5.39. The van der Waals surface area contributed by atoms with E-state index in [2.05, 4.69) is 30.1 Å². The number of aromatic nitrogens is 1. The van der Waals surface area contributed by atoms with Crippen molar-refractivity contribution in [1.82, 2.24) is 10.3 Å². The van der Waals surface area contributed by atoms with E-state index in [9.17, 15) is 0 Å². The summed E-state index contributed by atoms with van der Waals surface area (Å²) >= 11 is 1.79. The van der Waals surface area contributed by atoms with Gasteiger partial charge in [0.15, 0.2) is 5.13 Å². The molecular formula is C14H23N3OS. The highest BCUT2D eigenvalue weighted by atomic mass is 32.1. The van der Waals surface area contributed by atoms with E-state index in [1.165, 1.54) is 10.5 Å². The van der Waals surface area contributed by atoms with Crippen LogP contribution < -0.4 is 10.2 Å². The molecule has 0 radical (unpaired) electrons. The van der Waals surface area contributed by atoms with Crippen molar-refractivity contribution in [2.45, 2.75) is 20.3 Å². The molecule has 1 fully saturated rings. The van der Waals surface area contributed by atoms with Crippen LogP contribution in [0.4, 0.5) is 5.13 Å². The standard InChI is InChI=1S/C14H23N3OS/c1-4-12(10-15-3)9-13-11(2)16-14(19-13)17-5-7-18-8-6-17/h9,15H,4-8,10H2,1-3H3. The highest BCUT2D eigenvalue weighted by Gasteiger charge is 2.16. The van der Waals surface area contributed by atoms with Crippen LogP contribution in [-0.4, -0.2) is 44.9 Å². The fraction of sp³-hybridized carbons (Fsp3) is 0.643. The van der Waals surface area contributed by atoms with Crippen LogP contribution in [0.1, 0.15) is 23.9 Å². The normalized spacial score (nSPS) is 17.0. The van der Waals surface area contributed by atoms with Crippen molar-refractivity contribution >= 4 is 22.5 Å². The zero-order chi connectivity index (χ0) is 13.7. The first-order valence-corrected chi connectivity index (χ1v) is 7.70. The quantitative estimate of drug-likeness (QED) is 0.898. The summed E-state index contributed by atoms with van der Waals surface area (Å²) in [5.41, 5.74) is 2.55. The molecule has 1 N–H and O–H groups in total. The van der Waals surface area contributed by atoms with Crippen molar-refractivity contribution in [1.29, 1.82) is 0 Å². The van der Waals surface area contributed by atoms with E-state index >= 15 is 0 Å². The molecule has 19 heavy (non-hydrogen) atoms. The van der Waals surface area contributed by atoms with Gasteiger partial charge in [0.2, 0.25) is 0 Å². The van der Waals surface area contributed by atoms with Crippen molar-refractivity contribution in [3.8, 4) is 0 Å². The molecule has 4 nitrogen and oxygen atoms in total. The Morgan fingerprint density at radius 1 is 1.47 bits per heavy atom. The number of likely N-dealkylation sites (N-methyl/N-ethyl adjacent to an activating group) is 1. The van der Waals surface area contributed by atoms with Crippen LogP contribution in [0.15, 0.2) is 5.57 Å². The Bertz CT molecular complexity index is 436. The van der Waals surface area contributed by atoms with Crippen molar-refractivity contribution in [3.05, 3.63) is 16.1 Å². The maximum Gasteiger partial charge on any atom is 0.186 e. The summed E-state index contributed by atoms with van der Waals surface area (Å²) in [6.07, 6.45) is 3.36. The lowest BCUT2D eigenvalue weighted by Crippen LogP contribution is -2.36. The molecule has 2 rings (SSSR count). The first-order valence-electron chi connectivity index (χ1n) is 6.88. The molecule has 0 unspecified atom stereocenters. The van der Waals surface area contributed by atoms with Gasteiger partial charge >= 0.3 is 0 Å². The van der Waals surface area contributed by atoms with Crippen LogP contribution in [0.3, 0.4) is 0 Å². The Morgan fingerprint density at radius 3 is 2.84 bits per heavy atom. The van der Waals surface area contributed by atoms with Crippen LogP contribution >= 0.6 is 11.3 Å². The Hall–Kier alpha value is -0.910. The first-order chi connectivity index (χ1) is 9.24. The molecule has 1 aliphatic heterocycles. The molecular weight excluding hydrogens is 258 g/mol. The van der Waals surface area contributed by atoms with E-state index in [-0.39, 0.29) is 0 Å². The van der Waals surface area contributed by atoms with Crippen molar-refractivity contribution in [2.24, 2.45) is 0 Å². The molecule has 106 valence electrons. The molecule has 0 amide bonds. The third-order valence-corrected chi connectivity index (χ3v) is 4.46. The van der Waals surface area contributed by atoms with E-state index < -0.39 is 0 Å². The molecule has 2 heterocycles. The van der Waals surface area contributed by atoms with Crippen LogP contribution in [0.5, 0.6) is 0 Å². The number of aryl methyl sites for hydroxylation is 1. The van der Waals surface area contributed by atoms with Gasteiger partial charge < -0.3 is 15.0 Å². The number of nitrogens with one attached hydrogen (secondary N) is 1. The van der Waals surface area contributed by atoms with Crippen molar-refractivity contribution in [3.63, 3.8) is 0 Å². The minimum absolute atomic E-state index is 0.809. The van der Waals surface area contributed by atoms with Gasteiger partial charge in [-0.1, -0.05) is 23.8 Å². The second-order valence-corrected chi connectivity index (χ2v) is 5.74. The fourth-order valence-electron chi connectivity index (χ4n) is 2.11. The molecule has 0 atom stereocenters. The number of anilines is 1. The highest BCUT2D eigenvalue weighted by molar-refractivity contribution is 7.16. The first kappa shape index (κ1) is 14.5. The molecule has 1 aromatic rings. The zero-order valence-electron chi connectivity index (χ0n) is 12.0. The monoisotopic (exact) mass is 281 g/mol. The van der Waals surface area contributed by atoms with Gasteiger partial charge in [-0.2, -0.15) is 0 Å². The Morgan fingerprint density at radius 2 is 2.21 bits per heavy atom. The zero-order valence-corrected chi connectivity index (χ0v) is 12.8. The molecule has 1 aliphatic rings. The number of hydrogen-bond acceptors (Lipinski definition) is 5. The Labute approximate surface area is 119 Å². The van der Waals surface area contributed by atoms with Gasteiger partial charge in [0.05, 0.1) is 23.8 Å². The second-order valence-electron chi connectivity index (χ2n) is 4.73. The third-order valence-electron chi connectivity index (χ3n) is 3.30. The van der Waals surface area contributed by atoms with Gasteiger partial charge in [-0.25, -0.2) is 4.98 Å². The predicted octanol–water partition coefficient (Wildman–Crippen LogP) is 2.30. The minimum atomic E-state index is 0.809. The summed E-state index contributed by atoms with van der Waals surface area (Å²) in [6, 6.07) is 0. The number of hydrogen-bond donors (Lipinski definition) is 1. The molecule has 0 spiro atoms. The Balaban J connectivity index is 2.15. The van der Waals surface area contributed by atoms with Gasteiger partial charge in [0.25, 0.3) is 0 Å². The second kappa shape index (κ2) is 7.03. The molecule has 0 aromatic carbocycles. The SMILES string of the molecule is CCC(=Cc1sc(N2CCOCC2)nc1C)CNC. The number of ether oxygens (including phenoxy) is 1. The molecule has 0 saturated carbocycles.